The molecule has 1 N–H and O–H groups in total. The Bertz CT molecular complexity index is 430. The third-order valence-corrected chi connectivity index (χ3v) is 2.50. The fourth-order valence-corrected chi connectivity index (χ4v) is 1.64. The molecular weight excluding hydrogens is 222 g/mol. The number of nitrogens with zero attached hydrogens (tertiary/aromatic N) is 2. The summed E-state index contributed by atoms with van der Waals surface area (Å²) in [7, 11) is 4.02. The molecule has 0 aliphatic rings. The summed E-state index contributed by atoms with van der Waals surface area (Å²) < 4.78 is 0. The molecule has 0 spiro atoms. The fraction of sp³-hybridized carbons (Fsp3) is 0.267. The Labute approximate surface area is 110 Å². The van der Waals surface area contributed by atoms with Crippen molar-refractivity contribution in [1.29, 1.82) is 0 Å². The van der Waals surface area contributed by atoms with Crippen LogP contribution in [0.5, 0.6) is 0 Å². The average Bonchev–Trinajstić information content (AvgIpc) is 2.37. The van der Waals surface area contributed by atoms with E-state index in [0.717, 1.165) is 23.5 Å². The SMILES string of the molecule is C=C/C(=C(\C/C=C\C)Nc1cccnc1)N(C)C. The normalized spacial score (nSPS) is 12.2. The Kier molecular flexibility index (Phi) is 5.71. The summed E-state index contributed by atoms with van der Waals surface area (Å²) in [5.41, 5.74) is 3.18. The Morgan fingerprint density at radius 3 is 2.78 bits per heavy atom. The van der Waals surface area contributed by atoms with E-state index in [9.17, 15) is 0 Å². The van der Waals surface area contributed by atoms with Gasteiger partial charge < -0.3 is 10.2 Å². The molecular formula is C15H21N3. The van der Waals surface area contributed by atoms with Gasteiger partial charge in [0.05, 0.1) is 17.6 Å². The topological polar surface area (TPSA) is 28.2 Å². The third-order valence-electron chi connectivity index (χ3n) is 2.50. The largest absolute Gasteiger partial charge is 0.376 e. The predicted octanol–water partition coefficient (Wildman–Crippen LogP) is 3.42. The highest BCUT2D eigenvalue weighted by molar-refractivity contribution is 5.48. The van der Waals surface area contributed by atoms with Crippen LogP contribution < -0.4 is 5.32 Å². The second-order valence-corrected chi connectivity index (χ2v) is 4.10. The molecule has 1 rings (SSSR count). The molecule has 0 aliphatic heterocycles. The smallest absolute Gasteiger partial charge is 0.0568 e. The molecule has 1 aromatic heterocycles. The number of rotatable bonds is 6. The van der Waals surface area contributed by atoms with Gasteiger partial charge in [0, 0.05) is 32.4 Å². The molecule has 0 aromatic carbocycles. The molecule has 0 saturated carbocycles. The zero-order valence-corrected chi connectivity index (χ0v) is 11.4. The van der Waals surface area contributed by atoms with Crippen LogP contribution in [0, 0.1) is 0 Å². The van der Waals surface area contributed by atoms with Crippen molar-refractivity contribution in [2.45, 2.75) is 13.3 Å². The summed E-state index contributed by atoms with van der Waals surface area (Å²) in [6.45, 7) is 5.89. The predicted molar refractivity (Wildman–Crippen MR) is 78.2 cm³/mol. The van der Waals surface area contributed by atoms with Crippen LogP contribution in [0.4, 0.5) is 5.69 Å². The van der Waals surface area contributed by atoms with Crippen LogP contribution in [0.25, 0.3) is 0 Å². The van der Waals surface area contributed by atoms with Gasteiger partial charge in [0.2, 0.25) is 0 Å². The maximum Gasteiger partial charge on any atom is 0.0568 e. The molecule has 0 saturated heterocycles. The van der Waals surface area contributed by atoms with Crippen molar-refractivity contribution in [2.75, 3.05) is 19.4 Å². The van der Waals surface area contributed by atoms with Gasteiger partial charge in [0.15, 0.2) is 0 Å². The summed E-state index contributed by atoms with van der Waals surface area (Å²) >= 11 is 0. The van der Waals surface area contributed by atoms with E-state index in [1.807, 2.05) is 51.5 Å². The maximum atomic E-state index is 4.11. The lowest BCUT2D eigenvalue weighted by Gasteiger charge is -2.20. The minimum absolute atomic E-state index is 0.838. The first-order valence-electron chi connectivity index (χ1n) is 6.00. The van der Waals surface area contributed by atoms with E-state index in [1.54, 1.807) is 6.20 Å². The van der Waals surface area contributed by atoms with Gasteiger partial charge in [-0.15, -0.1) is 0 Å². The molecule has 18 heavy (non-hydrogen) atoms. The number of allylic oxidation sites excluding steroid dienone is 3. The number of pyridine rings is 1. The second-order valence-electron chi connectivity index (χ2n) is 4.10. The first-order valence-corrected chi connectivity index (χ1v) is 6.00. The van der Waals surface area contributed by atoms with Gasteiger partial charge in [-0.2, -0.15) is 0 Å². The van der Waals surface area contributed by atoms with Crippen molar-refractivity contribution in [3.8, 4) is 0 Å². The molecule has 0 aliphatic carbocycles. The van der Waals surface area contributed by atoms with Crippen LogP contribution in [0.2, 0.25) is 0 Å². The number of likely N-dealkylation sites (N-methyl/N-ethyl adjacent to an activating group) is 1. The van der Waals surface area contributed by atoms with Crippen molar-refractivity contribution in [3.05, 3.63) is 60.7 Å². The lowest BCUT2D eigenvalue weighted by molar-refractivity contribution is 0.522. The van der Waals surface area contributed by atoms with E-state index in [4.69, 9.17) is 0 Å². The minimum Gasteiger partial charge on any atom is -0.376 e. The van der Waals surface area contributed by atoms with E-state index in [0.29, 0.717) is 0 Å². The van der Waals surface area contributed by atoms with Gasteiger partial charge in [-0.05, 0) is 25.1 Å². The van der Waals surface area contributed by atoms with Crippen LogP contribution in [-0.2, 0) is 0 Å². The molecule has 0 bridgehead atoms. The van der Waals surface area contributed by atoms with E-state index in [-0.39, 0.29) is 0 Å². The van der Waals surface area contributed by atoms with Gasteiger partial charge in [0.25, 0.3) is 0 Å². The zero-order valence-electron chi connectivity index (χ0n) is 11.4. The van der Waals surface area contributed by atoms with E-state index in [1.165, 1.54) is 0 Å². The summed E-state index contributed by atoms with van der Waals surface area (Å²) in [6.07, 6.45) is 10.4. The fourth-order valence-electron chi connectivity index (χ4n) is 1.64. The highest BCUT2D eigenvalue weighted by Gasteiger charge is 2.05. The van der Waals surface area contributed by atoms with Crippen molar-refractivity contribution in [2.24, 2.45) is 0 Å². The Hall–Kier alpha value is -2.03. The quantitative estimate of drug-likeness (QED) is 0.613. The van der Waals surface area contributed by atoms with Crippen molar-refractivity contribution >= 4 is 5.69 Å². The monoisotopic (exact) mass is 243 g/mol. The van der Waals surface area contributed by atoms with Gasteiger partial charge in [-0.25, -0.2) is 0 Å². The molecule has 3 nitrogen and oxygen atoms in total. The molecule has 0 radical (unpaired) electrons. The van der Waals surface area contributed by atoms with Crippen LogP contribution >= 0.6 is 0 Å². The molecule has 0 amide bonds. The van der Waals surface area contributed by atoms with Crippen LogP contribution in [0.3, 0.4) is 0 Å². The van der Waals surface area contributed by atoms with Crippen molar-refractivity contribution in [3.63, 3.8) is 0 Å². The summed E-state index contributed by atoms with van der Waals surface area (Å²) in [4.78, 5) is 6.16. The van der Waals surface area contributed by atoms with Crippen LogP contribution in [0.15, 0.2) is 60.7 Å². The maximum absolute atomic E-state index is 4.11. The molecule has 0 atom stereocenters. The zero-order chi connectivity index (χ0) is 13.4. The van der Waals surface area contributed by atoms with E-state index >= 15 is 0 Å². The van der Waals surface area contributed by atoms with Gasteiger partial charge >= 0.3 is 0 Å². The highest BCUT2D eigenvalue weighted by Crippen LogP contribution is 2.16. The van der Waals surface area contributed by atoms with Crippen LogP contribution in [0.1, 0.15) is 13.3 Å². The molecule has 0 fully saturated rings. The third kappa shape index (κ3) is 4.09. The lowest BCUT2D eigenvalue weighted by Crippen LogP contribution is -2.15. The molecule has 1 heterocycles. The number of anilines is 1. The summed E-state index contributed by atoms with van der Waals surface area (Å²) in [5.74, 6) is 0. The first kappa shape index (κ1) is 14.0. The minimum atomic E-state index is 0.838. The summed E-state index contributed by atoms with van der Waals surface area (Å²) in [5, 5.41) is 3.40. The number of nitrogens with one attached hydrogen (secondary N) is 1. The Morgan fingerprint density at radius 2 is 2.28 bits per heavy atom. The van der Waals surface area contributed by atoms with Crippen molar-refractivity contribution in [1.82, 2.24) is 9.88 Å². The lowest BCUT2D eigenvalue weighted by atomic mass is 10.2. The van der Waals surface area contributed by atoms with Gasteiger partial charge in [0.1, 0.15) is 0 Å². The van der Waals surface area contributed by atoms with Crippen LogP contribution in [-0.4, -0.2) is 24.0 Å². The molecule has 0 unspecified atom stereocenters. The highest BCUT2D eigenvalue weighted by atomic mass is 15.1. The first-order chi connectivity index (χ1) is 8.69. The van der Waals surface area contributed by atoms with Gasteiger partial charge in [-0.1, -0.05) is 18.7 Å². The molecule has 1 aromatic rings. The average molecular weight is 243 g/mol. The number of hydrogen-bond acceptors (Lipinski definition) is 3. The van der Waals surface area contributed by atoms with Crippen molar-refractivity contribution < 1.29 is 0 Å². The Morgan fingerprint density at radius 1 is 1.50 bits per heavy atom. The number of aromatic nitrogens is 1. The molecule has 96 valence electrons. The second kappa shape index (κ2) is 7.33. The Balaban J connectivity index is 3.01. The van der Waals surface area contributed by atoms with Gasteiger partial charge in [-0.3, -0.25) is 4.98 Å². The van der Waals surface area contributed by atoms with E-state index < -0.39 is 0 Å². The number of hydrogen-bond donors (Lipinski definition) is 1. The standard InChI is InChI=1S/C15H21N3/c1-5-7-10-14(15(6-2)18(3)4)17-13-9-8-11-16-12-13/h5-9,11-12,17H,2,10H2,1,3-4H3/b7-5-,15-14-. The summed E-state index contributed by atoms with van der Waals surface area (Å²) in [6, 6.07) is 3.91. The van der Waals surface area contributed by atoms with E-state index in [2.05, 4.69) is 27.9 Å². The molecule has 3 heteroatoms.